The summed E-state index contributed by atoms with van der Waals surface area (Å²) in [6, 6.07) is 0. The lowest BCUT2D eigenvalue weighted by molar-refractivity contribution is -0.0624. The Kier molecular flexibility index (Phi) is 4.11. The smallest absolute Gasteiger partial charge is 0.252 e. The number of likely N-dealkylation sites (tertiary alicyclic amines) is 1. The molecule has 0 aliphatic carbocycles. The van der Waals surface area contributed by atoms with E-state index in [1.54, 1.807) is 6.08 Å². The van der Waals surface area contributed by atoms with Crippen LogP contribution >= 0.6 is 0 Å². The van der Waals surface area contributed by atoms with Gasteiger partial charge < -0.3 is 0 Å². The van der Waals surface area contributed by atoms with Gasteiger partial charge in [-0.15, -0.1) is 6.58 Å². The van der Waals surface area contributed by atoms with Crippen molar-refractivity contribution in [3.8, 4) is 0 Å². The first kappa shape index (κ1) is 13.6. The molecule has 3 heteroatoms. The van der Waals surface area contributed by atoms with Crippen LogP contribution in [0.1, 0.15) is 40.0 Å². The summed E-state index contributed by atoms with van der Waals surface area (Å²) in [6.07, 6.45) is 2.53. The molecule has 0 unspecified atom stereocenters. The van der Waals surface area contributed by atoms with Crippen LogP contribution in [-0.4, -0.2) is 29.5 Å². The minimum Gasteiger partial charge on any atom is -0.298 e. The number of nitrogens with zero attached hydrogens (tertiary/aromatic N) is 1. The van der Waals surface area contributed by atoms with Crippen LogP contribution in [0.15, 0.2) is 12.7 Å². The number of allylic oxidation sites excluding steroid dienone is 1. The Labute approximate surface area is 97.5 Å². The van der Waals surface area contributed by atoms with Gasteiger partial charge >= 0.3 is 0 Å². The molecule has 1 atom stereocenters. The molecule has 1 heterocycles. The van der Waals surface area contributed by atoms with Crippen molar-refractivity contribution >= 4 is 0 Å². The van der Waals surface area contributed by atoms with Crippen LogP contribution < -0.4 is 0 Å². The third-order valence-electron chi connectivity index (χ3n) is 3.42. The van der Waals surface area contributed by atoms with E-state index in [4.69, 9.17) is 0 Å². The molecule has 1 fully saturated rings. The van der Waals surface area contributed by atoms with Gasteiger partial charge in [-0.25, -0.2) is 8.78 Å². The maximum Gasteiger partial charge on any atom is 0.252 e. The van der Waals surface area contributed by atoms with Crippen molar-refractivity contribution in [3.63, 3.8) is 0 Å². The summed E-state index contributed by atoms with van der Waals surface area (Å²) >= 11 is 0. The fourth-order valence-corrected chi connectivity index (χ4v) is 2.21. The molecule has 1 aliphatic rings. The topological polar surface area (TPSA) is 3.24 Å². The van der Waals surface area contributed by atoms with Crippen LogP contribution in [0.3, 0.4) is 0 Å². The van der Waals surface area contributed by atoms with Crippen molar-refractivity contribution in [2.45, 2.75) is 51.5 Å². The van der Waals surface area contributed by atoms with Crippen molar-refractivity contribution < 1.29 is 8.78 Å². The molecule has 0 N–H and O–H groups in total. The second kappa shape index (κ2) is 4.82. The van der Waals surface area contributed by atoms with Crippen molar-refractivity contribution in [2.24, 2.45) is 5.92 Å². The lowest BCUT2D eigenvalue weighted by Gasteiger charge is -2.32. The van der Waals surface area contributed by atoms with Crippen LogP contribution in [0, 0.1) is 5.92 Å². The summed E-state index contributed by atoms with van der Waals surface area (Å²) in [5, 5.41) is 0. The largest absolute Gasteiger partial charge is 0.298 e. The summed E-state index contributed by atoms with van der Waals surface area (Å²) in [5.41, 5.74) is 0.00324. The van der Waals surface area contributed by atoms with Crippen molar-refractivity contribution in [3.05, 3.63) is 12.7 Å². The normalized spacial score (nSPS) is 23.7. The summed E-state index contributed by atoms with van der Waals surface area (Å²) in [6.45, 7) is 11.1. The first-order valence-corrected chi connectivity index (χ1v) is 6.01. The van der Waals surface area contributed by atoms with Crippen molar-refractivity contribution in [1.82, 2.24) is 4.90 Å². The Hall–Kier alpha value is -0.440. The Bertz CT molecular complexity index is 243. The second-order valence-corrected chi connectivity index (χ2v) is 5.69. The third kappa shape index (κ3) is 3.27. The van der Waals surface area contributed by atoms with E-state index >= 15 is 0 Å². The summed E-state index contributed by atoms with van der Waals surface area (Å²) < 4.78 is 27.6. The lowest BCUT2D eigenvalue weighted by Crippen LogP contribution is -2.41. The quantitative estimate of drug-likeness (QED) is 0.667. The molecule has 1 rings (SSSR count). The molecular weight excluding hydrogens is 208 g/mol. The fraction of sp³-hybridized carbons (Fsp3) is 0.846. The molecule has 1 aliphatic heterocycles. The SMILES string of the molecule is C=CCCC(F)(F)[C@@H]1CCN(C(C)(C)C)C1. The van der Waals surface area contributed by atoms with Gasteiger partial charge in [0.25, 0.3) is 5.92 Å². The predicted octanol–water partition coefficient (Wildman–Crippen LogP) is 3.71. The monoisotopic (exact) mass is 231 g/mol. The Balaban J connectivity index is 2.55. The van der Waals surface area contributed by atoms with E-state index in [9.17, 15) is 8.78 Å². The summed E-state index contributed by atoms with van der Waals surface area (Å²) in [4.78, 5) is 2.15. The molecule has 0 amide bonds. The second-order valence-electron chi connectivity index (χ2n) is 5.69. The molecule has 0 bridgehead atoms. The van der Waals surface area contributed by atoms with E-state index in [0.29, 0.717) is 19.4 Å². The van der Waals surface area contributed by atoms with E-state index in [-0.39, 0.29) is 12.0 Å². The van der Waals surface area contributed by atoms with Gasteiger partial charge in [-0.2, -0.15) is 0 Å². The number of hydrogen-bond acceptors (Lipinski definition) is 1. The number of halogens is 2. The average Bonchev–Trinajstić information content (AvgIpc) is 2.63. The molecule has 16 heavy (non-hydrogen) atoms. The van der Waals surface area contributed by atoms with Gasteiger partial charge in [-0.1, -0.05) is 6.08 Å². The van der Waals surface area contributed by atoms with E-state index in [1.807, 2.05) is 0 Å². The Morgan fingerprint density at radius 2 is 2.00 bits per heavy atom. The first-order chi connectivity index (χ1) is 7.27. The number of hydrogen-bond donors (Lipinski definition) is 0. The highest BCUT2D eigenvalue weighted by atomic mass is 19.3. The minimum atomic E-state index is -2.53. The van der Waals surface area contributed by atoms with Gasteiger partial charge in [0.1, 0.15) is 0 Å². The number of alkyl halides is 2. The zero-order valence-electron chi connectivity index (χ0n) is 10.6. The summed E-state index contributed by atoms with van der Waals surface area (Å²) in [7, 11) is 0. The van der Waals surface area contributed by atoms with Crippen LogP contribution in [0.4, 0.5) is 8.78 Å². The average molecular weight is 231 g/mol. The van der Waals surface area contributed by atoms with Crippen LogP contribution in [0.5, 0.6) is 0 Å². The molecule has 94 valence electrons. The van der Waals surface area contributed by atoms with Gasteiger partial charge in [0.2, 0.25) is 0 Å². The highest BCUT2D eigenvalue weighted by molar-refractivity contribution is 4.91. The maximum absolute atomic E-state index is 13.8. The van der Waals surface area contributed by atoms with Gasteiger partial charge in [0.15, 0.2) is 0 Å². The maximum atomic E-state index is 13.8. The molecular formula is C13H23F2N. The van der Waals surface area contributed by atoms with E-state index in [1.165, 1.54) is 0 Å². The zero-order chi connectivity index (χ0) is 12.4. The van der Waals surface area contributed by atoms with Crippen molar-refractivity contribution in [2.75, 3.05) is 13.1 Å². The molecule has 0 aromatic heterocycles. The fourth-order valence-electron chi connectivity index (χ4n) is 2.21. The standard InChI is InChI=1S/C13H23F2N/c1-5-6-8-13(14,15)11-7-9-16(10-11)12(2,3)4/h5,11H,1,6-10H2,2-4H3/t11-/m1/s1. The predicted molar refractivity (Wildman–Crippen MR) is 63.8 cm³/mol. The third-order valence-corrected chi connectivity index (χ3v) is 3.42. The molecule has 0 spiro atoms. The van der Waals surface area contributed by atoms with Crippen molar-refractivity contribution in [1.29, 1.82) is 0 Å². The highest BCUT2D eigenvalue weighted by Crippen LogP contribution is 2.38. The lowest BCUT2D eigenvalue weighted by atomic mass is 9.96. The zero-order valence-corrected chi connectivity index (χ0v) is 10.6. The molecule has 1 saturated heterocycles. The van der Waals surface area contributed by atoms with Crippen LogP contribution in [-0.2, 0) is 0 Å². The molecule has 1 nitrogen and oxygen atoms in total. The Morgan fingerprint density at radius 3 is 2.44 bits per heavy atom. The van der Waals surface area contributed by atoms with Gasteiger partial charge in [-0.3, -0.25) is 4.90 Å². The van der Waals surface area contributed by atoms with Gasteiger partial charge in [0.05, 0.1) is 0 Å². The van der Waals surface area contributed by atoms with Crippen LogP contribution in [0.25, 0.3) is 0 Å². The highest BCUT2D eigenvalue weighted by Gasteiger charge is 2.44. The summed E-state index contributed by atoms with van der Waals surface area (Å²) in [5.74, 6) is -3.01. The number of rotatable bonds is 4. The van der Waals surface area contributed by atoms with Gasteiger partial charge in [-0.05, 0) is 40.2 Å². The molecule has 0 aromatic carbocycles. The van der Waals surface area contributed by atoms with E-state index in [2.05, 4.69) is 32.3 Å². The molecule has 0 aromatic rings. The minimum absolute atomic E-state index is 0.00324. The van der Waals surface area contributed by atoms with Crippen LogP contribution in [0.2, 0.25) is 0 Å². The van der Waals surface area contributed by atoms with E-state index in [0.717, 1.165) is 6.54 Å². The van der Waals surface area contributed by atoms with Gasteiger partial charge in [0, 0.05) is 24.4 Å². The molecule has 0 saturated carbocycles. The molecule has 0 radical (unpaired) electrons. The first-order valence-electron chi connectivity index (χ1n) is 6.01. The Morgan fingerprint density at radius 1 is 1.38 bits per heavy atom. The van der Waals surface area contributed by atoms with E-state index < -0.39 is 11.8 Å².